The molecule has 1 fully saturated rings. The Morgan fingerprint density at radius 1 is 0.974 bits per heavy atom. The number of halogens is 5. The molecule has 3 atom stereocenters. The smallest absolute Gasteiger partial charge is 0.243 e. The number of hydrogen-bond donors (Lipinski definition) is 1. The van der Waals surface area contributed by atoms with Gasteiger partial charge in [-0.25, -0.2) is 22.0 Å². The lowest BCUT2D eigenvalue weighted by Gasteiger charge is -2.29. The zero-order valence-electron chi connectivity index (χ0n) is 21.8. The van der Waals surface area contributed by atoms with Crippen LogP contribution in [0.3, 0.4) is 0 Å². The quantitative estimate of drug-likeness (QED) is 0.224. The molecule has 3 unspecified atom stereocenters. The van der Waals surface area contributed by atoms with Crippen molar-refractivity contribution >= 4 is 11.8 Å². The van der Waals surface area contributed by atoms with Gasteiger partial charge in [0.1, 0.15) is 17.7 Å². The number of benzene rings is 2. The molecule has 4 rings (SSSR count). The number of aromatic nitrogens is 1. The Balaban J connectivity index is 1.49. The number of nitrogens with one attached hydrogen (secondary N) is 1. The molecule has 1 aromatic heterocycles. The summed E-state index contributed by atoms with van der Waals surface area (Å²) in [6.07, 6.45) is 1.12. The molecule has 3 aromatic rings. The van der Waals surface area contributed by atoms with Crippen molar-refractivity contribution in [3.8, 4) is 11.1 Å². The van der Waals surface area contributed by atoms with E-state index in [1.807, 2.05) is 13.8 Å². The molecule has 2 aromatic carbocycles. The van der Waals surface area contributed by atoms with Crippen LogP contribution in [0, 0.1) is 41.9 Å². The summed E-state index contributed by atoms with van der Waals surface area (Å²) in [5, 5.41) is 6.74. The van der Waals surface area contributed by atoms with E-state index in [0.29, 0.717) is 36.4 Å². The Morgan fingerprint density at radius 3 is 2.10 bits per heavy atom. The molecule has 11 heteroatoms. The van der Waals surface area contributed by atoms with Crippen molar-refractivity contribution in [3.63, 3.8) is 0 Å². The van der Waals surface area contributed by atoms with Crippen LogP contribution in [-0.4, -0.2) is 34.5 Å². The average Bonchev–Trinajstić information content (AvgIpc) is 3.56. The van der Waals surface area contributed by atoms with Crippen molar-refractivity contribution in [1.29, 1.82) is 0 Å². The largest absolute Gasteiger partial charge is 0.360 e. The Kier molecular flexibility index (Phi) is 8.08. The molecule has 1 N–H and O–H groups in total. The molecule has 2 heterocycles. The van der Waals surface area contributed by atoms with E-state index in [0.717, 1.165) is 0 Å². The zero-order chi connectivity index (χ0) is 28.6. The summed E-state index contributed by atoms with van der Waals surface area (Å²) in [6, 6.07) is 5.73. The third kappa shape index (κ3) is 5.39. The number of carbonyl (C=O) groups excluding carboxylic acids is 2. The summed E-state index contributed by atoms with van der Waals surface area (Å²) in [5.41, 5.74) is -0.0559. The van der Waals surface area contributed by atoms with Crippen molar-refractivity contribution < 1.29 is 36.1 Å². The van der Waals surface area contributed by atoms with Crippen LogP contribution in [0.5, 0.6) is 0 Å². The van der Waals surface area contributed by atoms with Crippen LogP contribution in [0.2, 0.25) is 0 Å². The van der Waals surface area contributed by atoms with Crippen molar-refractivity contribution in [2.75, 3.05) is 6.54 Å². The number of nitrogens with zero attached hydrogens (tertiary/aromatic N) is 2. The van der Waals surface area contributed by atoms with E-state index < -0.39 is 52.7 Å². The predicted molar refractivity (Wildman–Crippen MR) is 132 cm³/mol. The minimum atomic E-state index is -2.23. The Bertz CT molecular complexity index is 1360. The lowest BCUT2D eigenvalue weighted by Crippen LogP contribution is -2.48. The molecule has 2 amide bonds. The zero-order valence-corrected chi connectivity index (χ0v) is 21.8. The van der Waals surface area contributed by atoms with Gasteiger partial charge in [-0.15, -0.1) is 0 Å². The summed E-state index contributed by atoms with van der Waals surface area (Å²) < 4.78 is 74.4. The summed E-state index contributed by atoms with van der Waals surface area (Å²) in [7, 11) is 0. The molecule has 0 spiro atoms. The standard InChI is InChI=1S/C28H28F5N3O3/c1-13(2)20(19-12-14(3)35-39-19)28(38)36-11-5-6-18(36)27(37)34-15(4)16-7-9-17(10-8-16)21-22(29)24(31)26(33)25(32)23(21)30/h7-10,12-13,15,18,20H,5-6,11H2,1-4H3,(H,34,37). The van der Waals surface area contributed by atoms with Crippen molar-refractivity contribution in [2.24, 2.45) is 5.92 Å². The predicted octanol–water partition coefficient (Wildman–Crippen LogP) is 5.95. The van der Waals surface area contributed by atoms with Crippen LogP contribution < -0.4 is 5.32 Å². The van der Waals surface area contributed by atoms with E-state index in [1.54, 1.807) is 24.8 Å². The highest BCUT2D eigenvalue weighted by molar-refractivity contribution is 5.91. The maximum absolute atomic E-state index is 14.2. The van der Waals surface area contributed by atoms with Gasteiger partial charge in [-0.3, -0.25) is 9.59 Å². The fraction of sp³-hybridized carbons (Fsp3) is 0.393. The van der Waals surface area contributed by atoms with Crippen molar-refractivity contribution in [2.45, 2.75) is 58.5 Å². The molecular formula is C28H28F5N3O3. The second kappa shape index (κ2) is 11.2. The first-order chi connectivity index (χ1) is 18.4. The number of carbonyl (C=O) groups is 2. The van der Waals surface area contributed by atoms with Gasteiger partial charge in [0, 0.05) is 12.6 Å². The number of hydrogen-bond acceptors (Lipinski definition) is 4. The molecular weight excluding hydrogens is 521 g/mol. The first-order valence-electron chi connectivity index (χ1n) is 12.6. The van der Waals surface area contributed by atoms with E-state index >= 15 is 0 Å². The molecule has 0 aliphatic carbocycles. The first kappa shape index (κ1) is 28.3. The molecule has 39 heavy (non-hydrogen) atoms. The number of aryl methyl sites for hydroxylation is 1. The van der Waals surface area contributed by atoms with Gasteiger partial charge >= 0.3 is 0 Å². The Morgan fingerprint density at radius 2 is 1.56 bits per heavy atom. The fourth-order valence-corrected chi connectivity index (χ4v) is 4.94. The molecule has 0 saturated carbocycles. The summed E-state index contributed by atoms with van der Waals surface area (Å²) >= 11 is 0. The second-order valence-corrected chi connectivity index (χ2v) is 10.1. The third-order valence-electron chi connectivity index (χ3n) is 6.99. The van der Waals surface area contributed by atoms with E-state index in [4.69, 9.17) is 4.52 Å². The van der Waals surface area contributed by atoms with Crippen molar-refractivity contribution in [1.82, 2.24) is 15.4 Å². The molecule has 1 aliphatic rings. The maximum atomic E-state index is 14.2. The SMILES string of the molecule is Cc1cc(C(C(=O)N2CCCC2C(=O)NC(C)c2ccc(-c3c(F)c(F)c(F)c(F)c3F)cc2)C(C)C)on1. The monoisotopic (exact) mass is 549 g/mol. The first-order valence-corrected chi connectivity index (χ1v) is 12.6. The van der Waals surface area contributed by atoms with Crippen molar-refractivity contribution in [3.05, 3.63) is 76.4 Å². The number of likely N-dealkylation sites (tertiary alicyclic amines) is 1. The molecule has 0 radical (unpaired) electrons. The maximum Gasteiger partial charge on any atom is 0.243 e. The van der Waals surface area contributed by atoms with E-state index in [9.17, 15) is 31.5 Å². The summed E-state index contributed by atoms with van der Waals surface area (Å²) in [5.74, 6) is -11.0. The fourth-order valence-electron chi connectivity index (χ4n) is 4.94. The van der Waals surface area contributed by atoms with Crippen LogP contribution in [0.15, 0.2) is 34.9 Å². The van der Waals surface area contributed by atoms with Gasteiger partial charge in [-0.2, -0.15) is 0 Å². The summed E-state index contributed by atoms with van der Waals surface area (Å²) in [6.45, 7) is 7.64. The van der Waals surface area contributed by atoms with Gasteiger partial charge in [0.25, 0.3) is 0 Å². The van der Waals surface area contributed by atoms with Crippen LogP contribution in [0.1, 0.15) is 62.6 Å². The highest BCUT2D eigenvalue weighted by Crippen LogP contribution is 2.33. The van der Waals surface area contributed by atoms with Gasteiger partial charge in [-0.05, 0) is 43.7 Å². The van der Waals surface area contributed by atoms with E-state index in [2.05, 4.69) is 10.5 Å². The molecule has 0 bridgehead atoms. The second-order valence-electron chi connectivity index (χ2n) is 10.1. The summed E-state index contributed by atoms with van der Waals surface area (Å²) in [4.78, 5) is 28.2. The normalized spacial score (nSPS) is 17.0. The molecule has 6 nitrogen and oxygen atoms in total. The Hall–Kier alpha value is -3.76. The highest BCUT2D eigenvalue weighted by Gasteiger charge is 2.40. The molecule has 208 valence electrons. The molecule has 1 saturated heterocycles. The molecule has 1 aliphatic heterocycles. The lowest BCUT2D eigenvalue weighted by atomic mass is 9.91. The van der Waals surface area contributed by atoms with E-state index in [1.165, 1.54) is 24.3 Å². The van der Waals surface area contributed by atoms with Crippen LogP contribution in [0.25, 0.3) is 11.1 Å². The third-order valence-corrected chi connectivity index (χ3v) is 6.99. The van der Waals surface area contributed by atoms with Gasteiger partial charge in [0.15, 0.2) is 23.3 Å². The van der Waals surface area contributed by atoms with Crippen LogP contribution >= 0.6 is 0 Å². The van der Waals surface area contributed by atoms with Gasteiger partial charge < -0.3 is 14.7 Å². The average molecular weight is 550 g/mol. The highest BCUT2D eigenvalue weighted by atomic mass is 19.2. The van der Waals surface area contributed by atoms with Crippen LogP contribution in [-0.2, 0) is 9.59 Å². The van der Waals surface area contributed by atoms with Crippen LogP contribution in [0.4, 0.5) is 22.0 Å². The minimum Gasteiger partial charge on any atom is -0.360 e. The van der Waals surface area contributed by atoms with Gasteiger partial charge in [0.2, 0.25) is 17.6 Å². The number of amides is 2. The van der Waals surface area contributed by atoms with Gasteiger partial charge in [-0.1, -0.05) is 43.3 Å². The lowest BCUT2D eigenvalue weighted by molar-refractivity contribution is -0.141. The minimum absolute atomic E-state index is 0.0932. The topological polar surface area (TPSA) is 75.4 Å². The van der Waals surface area contributed by atoms with Gasteiger partial charge in [0.05, 0.1) is 17.3 Å². The Labute approximate surface area is 222 Å². The van der Waals surface area contributed by atoms with E-state index in [-0.39, 0.29) is 23.3 Å². The number of rotatable bonds is 7.